The number of anilines is 1. The molecule has 4 N–H and O–H groups in total. The zero-order chi connectivity index (χ0) is 21.1. The minimum atomic E-state index is -0.755. The summed E-state index contributed by atoms with van der Waals surface area (Å²) in [4.78, 5) is 46.8. The topological polar surface area (TPSA) is 126 Å². The molecule has 9 nitrogen and oxygen atoms in total. The van der Waals surface area contributed by atoms with Crippen LogP contribution in [-0.4, -0.2) is 44.0 Å². The van der Waals surface area contributed by atoms with E-state index in [1.54, 1.807) is 18.2 Å². The van der Waals surface area contributed by atoms with Gasteiger partial charge in [-0.3, -0.25) is 14.4 Å². The lowest BCUT2D eigenvalue weighted by Crippen LogP contribution is -2.39. The molecule has 9 heteroatoms. The molecule has 0 aromatic heterocycles. The summed E-state index contributed by atoms with van der Waals surface area (Å²) in [6.45, 7) is -0.574. The van der Waals surface area contributed by atoms with Gasteiger partial charge in [0.25, 0.3) is 11.8 Å². The molecule has 0 heterocycles. The van der Waals surface area contributed by atoms with Crippen LogP contribution in [0.1, 0.15) is 15.9 Å². The summed E-state index contributed by atoms with van der Waals surface area (Å²) in [5, 5.41) is 9.96. The highest BCUT2D eigenvalue weighted by molar-refractivity contribution is 5.97. The number of carbonyl (C=O) groups excluding carboxylic acids is 4. The third kappa shape index (κ3) is 7.71. The average molecular weight is 398 g/mol. The van der Waals surface area contributed by atoms with Crippen molar-refractivity contribution < 1.29 is 23.9 Å². The molecule has 2 aromatic rings. The van der Waals surface area contributed by atoms with Crippen LogP contribution in [0.2, 0.25) is 0 Å². The number of hydrogen-bond donors (Lipinski definition) is 4. The van der Waals surface area contributed by atoms with Crippen LogP contribution in [0, 0.1) is 0 Å². The van der Waals surface area contributed by atoms with Gasteiger partial charge in [0.1, 0.15) is 6.54 Å². The summed E-state index contributed by atoms with van der Waals surface area (Å²) in [5.74, 6) is -1.61. The van der Waals surface area contributed by atoms with Gasteiger partial charge in [-0.15, -0.1) is 0 Å². The molecular weight excluding hydrogens is 376 g/mol. The summed E-state index contributed by atoms with van der Waals surface area (Å²) in [5.41, 5.74) is 1.70. The molecule has 0 atom stereocenters. The third-order valence-electron chi connectivity index (χ3n) is 3.69. The first kappa shape index (κ1) is 21.4. The Kier molecular flexibility index (Phi) is 8.18. The van der Waals surface area contributed by atoms with Gasteiger partial charge in [0.2, 0.25) is 0 Å². The van der Waals surface area contributed by atoms with Crippen LogP contribution in [0.5, 0.6) is 0 Å². The molecule has 0 aliphatic carbocycles. The number of ether oxygens (including phenoxy) is 1. The Morgan fingerprint density at radius 1 is 0.931 bits per heavy atom. The van der Waals surface area contributed by atoms with Crippen molar-refractivity contribution in [2.24, 2.45) is 0 Å². The maximum absolute atomic E-state index is 11.9. The molecule has 0 aliphatic rings. The monoisotopic (exact) mass is 398 g/mol. The molecule has 0 fully saturated rings. The van der Waals surface area contributed by atoms with Gasteiger partial charge in [-0.2, -0.15) is 0 Å². The van der Waals surface area contributed by atoms with Gasteiger partial charge in [-0.25, -0.2) is 4.79 Å². The Morgan fingerprint density at radius 3 is 2.41 bits per heavy atom. The van der Waals surface area contributed by atoms with Crippen molar-refractivity contribution in [1.82, 2.24) is 16.0 Å². The molecule has 0 unspecified atom stereocenters. The van der Waals surface area contributed by atoms with Gasteiger partial charge in [-0.05, 0) is 23.8 Å². The Hall–Kier alpha value is -3.88. The largest absolute Gasteiger partial charge is 0.454 e. The van der Waals surface area contributed by atoms with Gasteiger partial charge in [0.05, 0.1) is 0 Å². The minimum absolute atomic E-state index is 0.288. The highest BCUT2D eigenvalue weighted by Crippen LogP contribution is 2.10. The fourth-order valence-electron chi connectivity index (χ4n) is 2.27. The van der Waals surface area contributed by atoms with E-state index in [0.717, 1.165) is 5.56 Å². The molecule has 0 bridgehead atoms. The molecule has 2 rings (SSSR count). The molecule has 0 aliphatic heterocycles. The molecule has 0 spiro atoms. The Bertz CT molecular complexity index is 870. The molecule has 4 amide bonds. The highest BCUT2D eigenvalue weighted by atomic mass is 16.5. The summed E-state index contributed by atoms with van der Waals surface area (Å²) in [6.07, 6.45) is 0. The number of nitrogens with one attached hydrogen (secondary N) is 4. The van der Waals surface area contributed by atoms with E-state index in [-0.39, 0.29) is 12.5 Å². The van der Waals surface area contributed by atoms with Crippen LogP contribution >= 0.6 is 0 Å². The number of esters is 1. The summed E-state index contributed by atoms with van der Waals surface area (Å²) in [6, 6.07) is 15.1. The predicted octanol–water partition coefficient (Wildman–Crippen LogP) is 1.03. The van der Waals surface area contributed by atoms with E-state index in [1.165, 1.54) is 13.1 Å². The first-order chi connectivity index (χ1) is 14.0. The maximum atomic E-state index is 11.9. The number of hydrogen-bond acceptors (Lipinski definition) is 5. The number of benzene rings is 2. The van der Waals surface area contributed by atoms with E-state index in [0.29, 0.717) is 17.8 Å². The predicted molar refractivity (Wildman–Crippen MR) is 106 cm³/mol. The van der Waals surface area contributed by atoms with Crippen LogP contribution < -0.4 is 21.3 Å². The molecule has 0 saturated carbocycles. The van der Waals surface area contributed by atoms with E-state index in [9.17, 15) is 19.2 Å². The minimum Gasteiger partial charge on any atom is -0.454 e. The van der Waals surface area contributed by atoms with Crippen molar-refractivity contribution in [3.63, 3.8) is 0 Å². The first-order valence-corrected chi connectivity index (χ1v) is 8.81. The maximum Gasteiger partial charge on any atom is 0.325 e. The number of amides is 4. The van der Waals surface area contributed by atoms with Crippen LogP contribution in [0.15, 0.2) is 54.6 Å². The SMILES string of the molecule is CNC(=O)c1cccc(NC(=O)COC(=O)CNC(=O)NCc2ccccc2)c1. The zero-order valence-corrected chi connectivity index (χ0v) is 15.9. The van der Waals surface area contributed by atoms with Gasteiger partial charge >= 0.3 is 12.0 Å². The first-order valence-electron chi connectivity index (χ1n) is 8.81. The van der Waals surface area contributed by atoms with Crippen molar-refractivity contribution >= 4 is 29.5 Å². The van der Waals surface area contributed by atoms with Gasteiger partial charge in [0.15, 0.2) is 6.61 Å². The number of urea groups is 1. The third-order valence-corrected chi connectivity index (χ3v) is 3.69. The second-order valence-electron chi connectivity index (χ2n) is 5.89. The quantitative estimate of drug-likeness (QED) is 0.494. The lowest BCUT2D eigenvalue weighted by Gasteiger charge is -2.09. The van der Waals surface area contributed by atoms with E-state index in [2.05, 4.69) is 21.3 Å². The normalized spacial score (nSPS) is 9.83. The zero-order valence-electron chi connectivity index (χ0n) is 15.9. The van der Waals surface area contributed by atoms with Gasteiger partial charge in [-0.1, -0.05) is 36.4 Å². The summed E-state index contributed by atoms with van der Waals surface area (Å²) < 4.78 is 4.82. The molecule has 0 radical (unpaired) electrons. The smallest absolute Gasteiger partial charge is 0.325 e. The van der Waals surface area contributed by atoms with Crippen molar-refractivity contribution in [2.75, 3.05) is 25.5 Å². The van der Waals surface area contributed by atoms with E-state index in [4.69, 9.17) is 4.74 Å². The highest BCUT2D eigenvalue weighted by Gasteiger charge is 2.11. The van der Waals surface area contributed by atoms with Crippen LogP contribution in [0.3, 0.4) is 0 Å². The molecular formula is C20H22N4O5. The Labute approximate surface area is 167 Å². The molecule has 0 saturated heterocycles. The van der Waals surface area contributed by atoms with Crippen molar-refractivity contribution in [2.45, 2.75) is 6.54 Å². The molecule has 2 aromatic carbocycles. The van der Waals surface area contributed by atoms with Crippen molar-refractivity contribution in [3.05, 3.63) is 65.7 Å². The van der Waals surface area contributed by atoms with E-state index in [1.807, 2.05) is 30.3 Å². The Morgan fingerprint density at radius 2 is 1.69 bits per heavy atom. The lowest BCUT2D eigenvalue weighted by molar-refractivity contribution is -0.146. The van der Waals surface area contributed by atoms with Gasteiger partial charge < -0.3 is 26.0 Å². The Balaban J connectivity index is 1.67. The van der Waals surface area contributed by atoms with E-state index < -0.39 is 24.5 Å². The van der Waals surface area contributed by atoms with Crippen molar-refractivity contribution in [3.8, 4) is 0 Å². The molecule has 29 heavy (non-hydrogen) atoms. The van der Waals surface area contributed by atoms with Crippen LogP contribution in [-0.2, 0) is 20.9 Å². The second kappa shape index (κ2) is 11.1. The van der Waals surface area contributed by atoms with Crippen molar-refractivity contribution in [1.29, 1.82) is 0 Å². The number of carbonyl (C=O) groups is 4. The lowest BCUT2D eigenvalue weighted by atomic mass is 10.2. The number of rotatable bonds is 8. The average Bonchev–Trinajstić information content (AvgIpc) is 2.75. The fourth-order valence-corrected chi connectivity index (χ4v) is 2.27. The standard InChI is InChI=1S/C20H22N4O5/c1-21-19(27)15-8-5-9-16(10-15)24-17(25)13-29-18(26)12-23-20(28)22-11-14-6-3-2-4-7-14/h2-10H,11-13H2,1H3,(H,21,27)(H,24,25)(H2,22,23,28). The van der Waals surface area contributed by atoms with Crippen LogP contribution in [0.4, 0.5) is 10.5 Å². The second-order valence-corrected chi connectivity index (χ2v) is 5.89. The molecule has 152 valence electrons. The fraction of sp³-hybridized carbons (Fsp3) is 0.200. The van der Waals surface area contributed by atoms with E-state index >= 15 is 0 Å². The summed E-state index contributed by atoms with van der Waals surface area (Å²) >= 11 is 0. The van der Waals surface area contributed by atoms with Gasteiger partial charge in [0, 0.05) is 24.8 Å². The summed E-state index contributed by atoms with van der Waals surface area (Å²) in [7, 11) is 1.50. The van der Waals surface area contributed by atoms with Crippen LogP contribution in [0.25, 0.3) is 0 Å².